The summed E-state index contributed by atoms with van der Waals surface area (Å²) in [5.41, 5.74) is 0.326. The number of ether oxygens (including phenoxy) is 1. The van der Waals surface area contributed by atoms with E-state index in [4.69, 9.17) is 4.74 Å². The van der Waals surface area contributed by atoms with Crippen molar-refractivity contribution in [2.45, 2.75) is 44.2 Å². The lowest BCUT2D eigenvalue weighted by Gasteiger charge is -2.37. The lowest BCUT2D eigenvalue weighted by Crippen LogP contribution is -2.37. The van der Waals surface area contributed by atoms with Crippen LogP contribution in [0.5, 0.6) is 0 Å². The first-order valence-corrected chi connectivity index (χ1v) is 4.72. The number of rotatable bonds is 2. The molecule has 1 spiro atoms. The Bertz CT molecular complexity index is 142. The average Bonchev–Trinajstić information content (AvgIpc) is 2.32. The molecule has 2 heteroatoms. The molecule has 1 atom stereocenters. The Hall–Kier alpha value is -0.0800. The summed E-state index contributed by atoms with van der Waals surface area (Å²) >= 11 is 0. The first-order chi connectivity index (χ1) is 5.35. The van der Waals surface area contributed by atoms with Gasteiger partial charge in [-0.15, -0.1) is 0 Å². The molecule has 64 valence electrons. The highest BCUT2D eigenvalue weighted by Gasteiger charge is 2.44. The highest BCUT2D eigenvalue weighted by molar-refractivity contribution is 4.97. The van der Waals surface area contributed by atoms with Crippen molar-refractivity contribution in [3.63, 3.8) is 0 Å². The monoisotopic (exact) mass is 155 g/mol. The van der Waals surface area contributed by atoms with E-state index in [0.717, 1.165) is 13.2 Å². The third kappa shape index (κ3) is 1.30. The third-order valence-electron chi connectivity index (χ3n) is 2.97. The van der Waals surface area contributed by atoms with Crippen LogP contribution in [0.25, 0.3) is 0 Å². The molecule has 1 aliphatic carbocycles. The van der Waals surface area contributed by atoms with Crippen molar-refractivity contribution in [2.75, 3.05) is 13.2 Å². The van der Waals surface area contributed by atoms with Gasteiger partial charge >= 0.3 is 0 Å². The molecule has 11 heavy (non-hydrogen) atoms. The Balaban J connectivity index is 1.83. The second-order valence-electron chi connectivity index (χ2n) is 3.81. The van der Waals surface area contributed by atoms with E-state index in [1.807, 2.05) is 0 Å². The van der Waals surface area contributed by atoms with Gasteiger partial charge < -0.3 is 10.1 Å². The summed E-state index contributed by atoms with van der Waals surface area (Å²) in [6.07, 6.45) is 5.23. The normalized spacial score (nSPS) is 34.1. The van der Waals surface area contributed by atoms with E-state index in [-0.39, 0.29) is 0 Å². The molecule has 0 amide bonds. The zero-order valence-corrected chi connectivity index (χ0v) is 7.23. The molecule has 1 saturated heterocycles. The minimum Gasteiger partial charge on any atom is -0.373 e. The number of hydrogen-bond donors (Lipinski definition) is 1. The van der Waals surface area contributed by atoms with Crippen molar-refractivity contribution >= 4 is 0 Å². The summed E-state index contributed by atoms with van der Waals surface area (Å²) in [6.45, 7) is 4.17. The van der Waals surface area contributed by atoms with Crippen molar-refractivity contribution in [3.05, 3.63) is 0 Å². The maximum Gasteiger partial charge on any atom is 0.0699 e. The van der Waals surface area contributed by atoms with Crippen LogP contribution in [0.15, 0.2) is 0 Å². The Labute approximate surface area is 68.3 Å². The first-order valence-electron chi connectivity index (χ1n) is 4.72. The largest absolute Gasteiger partial charge is 0.373 e. The molecule has 0 radical (unpaired) electrons. The quantitative estimate of drug-likeness (QED) is 0.649. The van der Waals surface area contributed by atoms with Crippen LogP contribution in [0.3, 0.4) is 0 Å². The van der Waals surface area contributed by atoms with Crippen molar-refractivity contribution in [1.82, 2.24) is 5.32 Å². The van der Waals surface area contributed by atoms with Crippen LogP contribution in [-0.2, 0) is 4.74 Å². The van der Waals surface area contributed by atoms with E-state index in [1.165, 1.54) is 25.7 Å². The second kappa shape index (κ2) is 2.76. The van der Waals surface area contributed by atoms with E-state index in [0.29, 0.717) is 11.6 Å². The number of nitrogens with one attached hydrogen (secondary N) is 1. The van der Waals surface area contributed by atoms with Crippen LogP contribution in [-0.4, -0.2) is 24.8 Å². The topological polar surface area (TPSA) is 21.3 Å². The van der Waals surface area contributed by atoms with Gasteiger partial charge in [-0.05, 0) is 32.2 Å². The van der Waals surface area contributed by atoms with Gasteiger partial charge in [-0.2, -0.15) is 0 Å². The van der Waals surface area contributed by atoms with E-state index < -0.39 is 0 Å². The molecule has 0 bridgehead atoms. The molecule has 0 aromatic carbocycles. The van der Waals surface area contributed by atoms with Crippen LogP contribution in [0, 0.1) is 0 Å². The molecule has 1 saturated carbocycles. The molecule has 1 unspecified atom stereocenters. The van der Waals surface area contributed by atoms with E-state index in [2.05, 4.69) is 12.2 Å². The maximum absolute atomic E-state index is 5.78. The van der Waals surface area contributed by atoms with Crippen molar-refractivity contribution < 1.29 is 4.74 Å². The fourth-order valence-electron chi connectivity index (χ4n) is 2.18. The van der Waals surface area contributed by atoms with E-state index in [1.54, 1.807) is 0 Å². The molecule has 0 aromatic heterocycles. The Kier molecular flexibility index (Phi) is 1.90. The van der Waals surface area contributed by atoms with E-state index >= 15 is 0 Å². The summed E-state index contributed by atoms with van der Waals surface area (Å²) < 4.78 is 5.78. The zero-order valence-electron chi connectivity index (χ0n) is 7.23. The summed E-state index contributed by atoms with van der Waals surface area (Å²) in [5, 5.41) is 3.44. The van der Waals surface area contributed by atoms with Crippen molar-refractivity contribution in [1.29, 1.82) is 0 Å². The number of hydrogen-bond acceptors (Lipinski definition) is 2. The third-order valence-corrected chi connectivity index (χ3v) is 2.97. The minimum atomic E-state index is 0.326. The van der Waals surface area contributed by atoms with Gasteiger partial charge in [-0.25, -0.2) is 0 Å². The molecular formula is C9H17NO. The molecule has 2 aliphatic rings. The highest BCUT2D eigenvalue weighted by Crippen LogP contribution is 2.43. The van der Waals surface area contributed by atoms with Gasteiger partial charge in [0.1, 0.15) is 0 Å². The molecule has 2 nitrogen and oxygen atoms in total. The van der Waals surface area contributed by atoms with Crippen LogP contribution >= 0.6 is 0 Å². The smallest absolute Gasteiger partial charge is 0.0699 e. The van der Waals surface area contributed by atoms with Crippen molar-refractivity contribution in [3.8, 4) is 0 Å². The molecule has 1 heterocycles. The Morgan fingerprint density at radius 3 is 2.82 bits per heavy atom. The molecule has 1 aliphatic heterocycles. The minimum absolute atomic E-state index is 0.326. The lowest BCUT2D eigenvalue weighted by atomic mass is 9.77. The summed E-state index contributed by atoms with van der Waals surface area (Å²) in [5.74, 6) is 0. The fourth-order valence-corrected chi connectivity index (χ4v) is 2.18. The Morgan fingerprint density at radius 1 is 1.55 bits per heavy atom. The fraction of sp³-hybridized carbons (Fsp3) is 1.00. The van der Waals surface area contributed by atoms with Crippen molar-refractivity contribution in [2.24, 2.45) is 0 Å². The summed E-state index contributed by atoms with van der Waals surface area (Å²) in [4.78, 5) is 0. The predicted molar refractivity (Wildman–Crippen MR) is 44.6 cm³/mol. The highest BCUT2D eigenvalue weighted by atomic mass is 16.5. The van der Waals surface area contributed by atoms with Gasteiger partial charge in [-0.1, -0.05) is 6.92 Å². The van der Waals surface area contributed by atoms with E-state index in [9.17, 15) is 0 Å². The van der Waals surface area contributed by atoms with Gasteiger partial charge in [-0.3, -0.25) is 0 Å². The van der Waals surface area contributed by atoms with Crippen LogP contribution in [0.4, 0.5) is 0 Å². The van der Waals surface area contributed by atoms with Crippen LogP contribution in [0.1, 0.15) is 32.6 Å². The first kappa shape index (κ1) is 7.56. The second-order valence-corrected chi connectivity index (χ2v) is 3.81. The molecule has 2 rings (SSSR count). The lowest BCUT2D eigenvalue weighted by molar-refractivity contribution is -0.0563. The zero-order chi connectivity index (χ0) is 7.73. The molecule has 0 aromatic rings. The Morgan fingerprint density at radius 2 is 2.36 bits per heavy atom. The van der Waals surface area contributed by atoms with Gasteiger partial charge in [0.2, 0.25) is 0 Å². The molecule has 2 fully saturated rings. The van der Waals surface area contributed by atoms with Gasteiger partial charge in [0, 0.05) is 6.04 Å². The average molecular weight is 155 g/mol. The standard InChI is InChI=1S/C9H17NO/c1-2-10-8-6-9(11-7-8)4-3-5-9/h8,10H,2-7H2,1H3. The molecular weight excluding hydrogens is 138 g/mol. The van der Waals surface area contributed by atoms with Crippen LogP contribution in [0.2, 0.25) is 0 Å². The maximum atomic E-state index is 5.78. The van der Waals surface area contributed by atoms with Gasteiger partial charge in [0.25, 0.3) is 0 Å². The summed E-state index contributed by atoms with van der Waals surface area (Å²) in [6, 6.07) is 0.639. The summed E-state index contributed by atoms with van der Waals surface area (Å²) in [7, 11) is 0. The van der Waals surface area contributed by atoms with Gasteiger partial charge in [0.15, 0.2) is 0 Å². The molecule has 1 N–H and O–H groups in total. The SMILES string of the molecule is CCNC1COC2(CCC2)C1. The predicted octanol–water partition coefficient (Wildman–Crippen LogP) is 1.31. The van der Waals surface area contributed by atoms with Crippen LogP contribution < -0.4 is 5.32 Å². The number of likely N-dealkylation sites (N-methyl/N-ethyl adjacent to an activating group) is 1. The van der Waals surface area contributed by atoms with Gasteiger partial charge in [0.05, 0.1) is 12.2 Å².